The van der Waals surface area contributed by atoms with Crippen molar-refractivity contribution in [2.24, 2.45) is 7.05 Å². The first kappa shape index (κ1) is 9.95. The molecule has 0 atom stereocenters. The van der Waals surface area contributed by atoms with Crippen LogP contribution in [0.15, 0.2) is 24.3 Å². The Morgan fingerprint density at radius 3 is 2.69 bits per heavy atom. The van der Waals surface area contributed by atoms with E-state index >= 15 is 0 Å². The maximum Gasteiger partial charge on any atom is 0.0999 e. The van der Waals surface area contributed by atoms with Crippen LogP contribution in [0.2, 0.25) is 0 Å². The maximum absolute atomic E-state index is 9.00. The highest BCUT2D eigenvalue weighted by Gasteiger charge is 2.08. The first-order chi connectivity index (χ1) is 7.74. The molecule has 0 bridgehead atoms. The molecule has 0 aliphatic rings. The second kappa shape index (κ2) is 3.88. The average molecular weight is 207 g/mol. The van der Waals surface area contributed by atoms with E-state index in [9.17, 15) is 0 Å². The summed E-state index contributed by atoms with van der Waals surface area (Å²) in [5, 5.41) is 21.9. The number of hydrogen-bond acceptors (Lipinski definition) is 3. The van der Waals surface area contributed by atoms with Gasteiger partial charge in [0.1, 0.15) is 0 Å². The average Bonchev–Trinajstić information content (AvgIpc) is 2.74. The van der Waals surface area contributed by atoms with Crippen molar-refractivity contribution in [3.05, 3.63) is 41.6 Å². The summed E-state index contributed by atoms with van der Waals surface area (Å²) >= 11 is 0. The molecule has 1 heterocycles. The van der Waals surface area contributed by atoms with Gasteiger partial charge in [0.25, 0.3) is 0 Å². The summed E-state index contributed by atoms with van der Waals surface area (Å²) in [7, 11) is 1.76. The maximum atomic E-state index is 9.00. The summed E-state index contributed by atoms with van der Waals surface area (Å²) in [6, 6.07) is 10.7. The predicted molar refractivity (Wildman–Crippen MR) is 56.9 cm³/mol. The van der Waals surface area contributed by atoms with Crippen LogP contribution < -0.4 is 0 Å². The van der Waals surface area contributed by atoms with Crippen molar-refractivity contribution >= 4 is 0 Å². The minimum atomic E-state index is 0.450. The third kappa shape index (κ3) is 1.65. The SMILES string of the molecule is Cn1[c]cc(-c2ccc(C#N)cc2C#N)n1. The summed E-state index contributed by atoms with van der Waals surface area (Å²) in [6.07, 6.45) is 2.88. The molecule has 2 aromatic rings. The molecule has 0 spiro atoms. The molecule has 0 aliphatic heterocycles. The molecule has 0 saturated heterocycles. The largest absolute Gasteiger partial charge is 0.266 e. The summed E-state index contributed by atoms with van der Waals surface area (Å²) in [4.78, 5) is 0. The van der Waals surface area contributed by atoms with Crippen LogP contribution in [0.4, 0.5) is 0 Å². The Labute approximate surface area is 93.0 Å². The lowest BCUT2D eigenvalue weighted by molar-refractivity contribution is 0.764. The van der Waals surface area contributed by atoms with Gasteiger partial charge in [-0.25, -0.2) is 0 Å². The van der Waals surface area contributed by atoms with Crippen LogP contribution in [0.5, 0.6) is 0 Å². The van der Waals surface area contributed by atoms with Crippen molar-refractivity contribution in [1.82, 2.24) is 9.78 Å². The first-order valence-corrected chi connectivity index (χ1v) is 4.61. The molecule has 0 saturated carbocycles. The third-order valence-corrected chi connectivity index (χ3v) is 2.19. The van der Waals surface area contributed by atoms with E-state index in [1.807, 2.05) is 6.07 Å². The Morgan fingerprint density at radius 2 is 2.12 bits per heavy atom. The highest BCUT2D eigenvalue weighted by Crippen LogP contribution is 2.22. The predicted octanol–water partition coefficient (Wildman–Crippen LogP) is 1.63. The van der Waals surface area contributed by atoms with Gasteiger partial charge in [-0.1, -0.05) is 6.07 Å². The zero-order valence-electron chi connectivity index (χ0n) is 8.60. The molecule has 1 radical (unpaired) electrons. The van der Waals surface area contributed by atoms with Gasteiger partial charge >= 0.3 is 0 Å². The van der Waals surface area contributed by atoms with E-state index in [4.69, 9.17) is 10.5 Å². The molecular formula is C12H7N4. The second-order valence-electron chi connectivity index (χ2n) is 3.27. The quantitative estimate of drug-likeness (QED) is 0.713. The van der Waals surface area contributed by atoms with Crippen molar-refractivity contribution in [3.8, 4) is 23.4 Å². The third-order valence-electron chi connectivity index (χ3n) is 2.19. The van der Waals surface area contributed by atoms with Gasteiger partial charge in [-0.2, -0.15) is 15.6 Å². The van der Waals surface area contributed by atoms with Crippen molar-refractivity contribution in [1.29, 1.82) is 10.5 Å². The fraction of sp³-hybridized carbons (Fsp3) is 0.0833. The molecule has 75 valence electrons. The van der Waals surface area contributed by atoms with Crippen molar-refractivity contribution < 1.29 is 0 Å². The van der Waals surface area contributed by atoms with Crippen LogP contribution in [0.1, 0.15) is 11.1 Å². The lowest BCUT2D eigenvalue weighted by Gasteiger charge is -2.00. The summed E-state index contributed by atoms with van der Waals surface area (Å²) in [5.41, 5.74) is 2.33. The fourth-order valence-corrected chi connectivity index (χ4v) is 1.44. The number of nitriles is 2. The molecule has 0 unspecified atom stereocenters. The molecule has 2 rings (SSSR count). The molecule has 4 heteroatoms. The van der Waals surface area contributed by atoms with E-state index < -0.39 is 0 Å². The van der Waals surface area contributed by atoms with E-state index in [1.165, 1.54) is 0 Å². The van der Waals surface area contributed by atoms with E-state index in [0.29, 0.717) is 16.8 Å². The molecule has 0 amide bonds. The Balaban J connectivity index is 2.59. The van der Waals surface area contributed by atoms with Crippen LogP contribution in [-0.4, -0.2) is 9.78 Å². The molecule has 16 heavy (non-hydrogen) atoms. The van der Waals surface area contributed by atoms with Gasteiger partial charge in [-0.05, 0) is 18.2 Å². The monoisotopic (exact) mass is 207 g/mol. The van der Waals surface area contributed by atoms with Gasteiger partial charge in [0.05, 0.1) is 35.2 Å². The second-order valence-corrected chi connectivity index (χ2v) is 3.27. The standard InChI is InChI=1S/C12H7N4/c1-16-5-4-12(15-16)11-3-2-9(7-13)6-10(11)8-14/h2-4,6H,1H3. The molecule has 0 aliphatic carbocycles. The highest BCUT2D eigenvalue weighted by molar-refractivity contribution is 5.68. The van der Waals surface area contributed by atoms with Crippen molar-refractivity contribution in [3.63, 3.8) is 0 Å². The zero-order valence-corrected chi connectivity index (χ0v) is 8.60. The first-order valence-electron chi connectivity index (χ1n) is 4.61. The Morgan fingerprint density at radius 1 is 1.31 bits per heavy atom. The Kier molecular flexibility index (Phi) is 2.41. The Bertz CT molecular complexity index is 611. The Hall–Kier alpha value is -2.59. The van der Waals surface area contributed by atoms with E-state index in [0.717, 1.165) is 5.56 Å². The van der Waals surface area contributed by atoms with E-state index in [1.54, 1.807) is 36.0 Å². The summed E-state index contributed by atoms with van der Waals surface area (Å²) < 4.78 is 1.55. The summed E-state index contributed by atoms with van der Waals surface area (Å²) in [6.45, 7) is 0. The minimum Gasteiger partial charge on any atom is -0.266 e. The minimum absolute atomic E-state index is 0.450. The van der Waals surface area contributed by atoms with E-state index in [2.05, 4.69) is 17.4 Å². The lowest BCUT2D eigenvalue weighted by Crippen LogP contribution is -1.90. The highest BCUT2D eigenvalue weighted by atomic mass is 15.2. The summed E-state index contributed by atoms with van der Waals surface area (Å²) in [5.74, 6) is 0. The number of aryl methyl sites for hydroxylation is 1. The normalized spacial score (nSPS) is 9.44. The molecule has 4 nitrogen and oxygen atoms in total. The van der Waals surface area contributed by atoms with Crippen LogP contribution in [-0.2, 0) is 7.05 Å². The number of benzene rings is 1. The number of nitrogens with zero attached hydrogens (tertiary/aromatic N) is 4. The van der Waals surface area contributed by atoms with Crippen LogP contribution in [0.25, 0.3) is 11.3 Å². The van der Waals surface area contributed by atoms with Crippen molar-refractivity contribution in [2.75, 3.05) is 0 Å². The van der Waals surface area contributed by atoms with Gasteiger partial charge < -0.3 is 0 Å². The number of hydrogen-bond donors (Lipinski definition) is 0. The van der Waals surface area contributed by atoms with Crippen molar-refractivity contribution in [2.45, 2.75) is 0 Å². The van der Waals surface area contributed by atoms with Crippen LogP contribution >= 0.6 is 0 Å². The lowest BCUT2D eigenvalue weighted by atomic mass is 10.0. The smallest absolute Gasteiger partial charge is 0.0999 e. The van der Waals surface area contributed by atoms with Gasteiger partial charge in [0.15, 0.2) is 0 Å². The number of rotatable bonds is 1. The molecular weight excluding hydrogens is 200 g/mol. The molecule has 1 aromatic carbocycles. The van der Waals surface area contributed by atoms with E-state index in [-0.39, 0.29) is 0 Å². The zero-order chi connectivity index (χ0) is 11.5. The van der Waals surface area contributed by atoms with Gasteiger partial charge in [-0.15, -0.1) is 0 Å². The van der Waals surface area contributed by atoms with Gasteiger partial charge in [0.2, 0.25) is 0 Å². The van der Waals surface area contributed by atoms with Crippen LogP contribution in [0, 0.1) is 28.9 Å². The van der Waals surface area contributed by atoms with Gasteiger partial charge in [0, 0.05) is 12.6 Å². The molecule has 0 N–H and O–H groups in total. The molecule has 0 fully saturated rings. The van der Waals surface area contributed by atoms with Crippen LogP contribution in [0.3, 0.4) is 0 Å². The topological polar surface area (TPSA) is 65.4 Å². The van der Waals surface area contributed by atoms with Gasteiger partial charge in [-0.3, -0.25) is 4.68 Å². The fourth-order valence-electron chi connectivity index (χ4n) is 1.44. The number of aromatic nitrogens is 2. The molecule has 1 aromatic heterocycles.